The molecular formula is C16H19NO2. The summed E-state index contributed by atoms with van der Waals surface area (Å²) in [5, 5.41) is 0. The maximum atomic E-state index is 12.1. The number of hydrogen-bond donors (Lipinski definition) is 0. The first-order valence-electron chi connectivity index (χ1n) is 6.86. The molecule has 100 valence electrons. The molecule has 0 spiro atoms. The van der Waals surface area contributed by atoms with E-state index < -0.39 is 0 Å². The average Bonchev–Trinajstić information content (AvgIpc) is 3.07. The number of carbonyl (C=O) groups excluding carboxylic acids is 1. The van der Waals surface area contributed by atoms with E-state index in [1.165, 1.54) is 6.42 Å². The minimum atomic E-state index is -0.213. The van der Waals surface area contributed by atoms with Gasteiger partial charge in [0.25, 0.3) is 0 Å². The van der Waals surface area contributed by atoms with Gasteiger partial charge in [-0.2, -0.15) is 0 Å². The fraction of sp³-hybridized carbons (Fsp3) is 0.438. The molecule has 1 amide bonds. The number of allylic oxidation sites excluding steroid dienone is 1. The molecular weight excluding hydrogens is 238 g/mol. The van der Waals surface area contributed by atoms with Gasteiger partial charge in [0.15, 0.2) is 0 Å². The van der Waals surface area contributed by atoms with Gasteiger partial charge in [-0.05, 0) is 30.2 Å². The van der Waals surface area contributed by atoms with E-state index in [2.05, 4.69) is 12.2 Å². The van der Waals surface area contributed by atoms with Crippen molar-refractivity contribution in [2.24, 2.45) is 11.8 Å². The largest absolute Gasteiger partial charge is 0.445 e. The lowest BCUT2D eigenvalue weighted by molar-refractivity contribution is 0.0864. The van der Waals surface area contributed by atoms with Crippen molar-refractivity contribution in [1.29, 1.82) is 0 Å². The van der Waals surface area contributed by atoms with Gasteiger partial charge in [0, 0.05) is 13.1 Å². The third-order valence-electron chi connectivity index (χ3n) is 4.23. The van der Waals surface area contributed by atoms with Gasteiger partial charge in [0.05, 0.1) is 0 Å². The van der Waals surface area contributed by atoms with Crippen LogP contribution in [0.1, 0.15) is 18.4 Å². The molecule has 0 aliphatic heterocycles. The SMILES string of the molecule is CN(C(=O)OCc1ccccc1)[C@@H]1C[C@@H]2C=C[C@H]1C2. The summed E-state index contributed by atoms with van der Waals surface area (Å²) in [6, 6.07) is 10.1. The zero-order valence-corrected chi connectivity index (χ0v) is 11.2. The molecule has 1 fully saturated rings. The molecule has 1 aromatic rings. The Balaban J connectivity index is 1.54. The summed E-state index contributed by atoms with van der Waals surface area (Å²) in [5.74, 6) is 1.19. The molecule has 0 saturated heterocycles. The number of benzene rings is 1. The van der Waals surface area contributed by atoms with Crippen molar-refractivity contribution in [2.45, 2.75) is 25.5 Å². The van der Waals surface area contributed by atoms with Crippen LogP contribution in [0.5, 0.6) is 0 Å². The van der Waals surface area contributed by atoms with Crippen LogP contribution in [0.4, 0.5) is 4.79 Å². The average molecular weight is 257 g/mol. The number of hydrogen-bond acceptors (Lipinski definition) is 2. The summed E-state index contributed by atoms with van der Waals surface area (Å²) in [6.45, 7) is 0.348. The molecule has 0 unspecified atom stereocenters. The summed E-state index contributed by atoms with van der Waals surface area (Å²) in [4.78, 5) is 13.8. The van der Waals surface area contributed by atoms with Gasteiger partial charge in [-0.3, -0.25) is 0 Å². The topological polar surface area (TPSA) is 29.5 Å². The predicted octanol–water partition coefficient (Wildman–Crippen LogP) is 3.22. The van der Waals surface area contributed by atoms with E-state index in [1.54, 1.807) is 4.90 Å². The Morgan fingerprint density at radius 2 is 2.05 bits per heavy atom. The van der Waals surface area contributed by atoms with Crippen LogP contribution >= 0.6 is 0 Å². The molecule has 0 aromatic heterocycles. The zero-order valence-electron chi connectivity index (χ0n) is 11.2. The Labute approximate surface area is 113 Å². The molecule has 0 heterocycles. The Morgan fingerprint density at radius 3 is 2.68 bits per heavy atom. The number of ether oxygens (including phenoxy) is 1. The summed E-state index contributed by atoms with van der Waals surface area (Å²) < 4.78 is 5.37. The number of nitrogens with zero attached hydrogens (tertiary/aromatic N) is 1. The predicted molar refractivity (Wildman–Crippen MR) is 73.5 cm³/mol. The summed E-state index contributed by atoms with van der Waals surface area (Å²) in [7, 11) is 1.85. The highest BCUT2D eigenvalue weighted by molar-refractivity contribution is 5.68. The second-order valence-electron chi connectivity index (χ2n) is 5.50. The monoisotopic (exact) mass is 257 g/mol. The van der Waals surface area contributed by atoms with Crippen LogP contribution in [-0.2, 0) is 11.3 Å². The normalized spacial score (nSPS) is 27.5. The van der Waals surface area contributed by atoms with Crippen molar-refractivity contribution >= 4 is 6.09 Å². The van der Waals surface area contributed by atoms with Gasteiger partial charge in [0.2, 0.25) is 0 Å². The van der Waals surface area contributed by atoms with Crippen LogP contribution in [0.3, 0.4) is 0 Å². The molecule has 0 N–H and O–H groups in total. The minimum Gasteiger partial charge on any atom is -0.445 e. The molecule has 3 heteroatoms. The smallest absolute Gasteiger partial charge is 0.410 e. The highest BCUT2D eigenvalue weighted by Crippen LogP contribution is 2.41. The van der Waals surface area contributed by atoms with Crippen molar-refractivity contribution in [3.63, 3.8) is 0 Å². The van der Waals surface area contributed by atoms with Crippen LogP contribution in [0.2, 0.25) is 0 Å². The van der Waals surface area contributed by atoms with Crippen molar-refractivity contribution in [3.05, 3.63) is 48.0 Å². The first-order chi connectivity index (χ1) is 9.24. The first kappa shape index (κ1) is 12.3. The fourth-order valence-electron chi connectivity index (χ4n) is 3.15. The number of rotatable bonds is 3. The van der Waals surface area contributed by atoms with Crippen LogP contribution < -0.4 is 0 Å². The minimum absolute atomic E-state index is 0.213. The molecule has 2 aliphatic rings. The van der Waals surface area contributed by atoms with Gasteiger partial charge in [-0.15, -0.1) is 0 Å². The Bertz CT molecular complexity index is 483. The van der Waals surface area contributed by atoms with Crippen molar-refractivity contribution < 1.29 is 9.53 Å². The van der Waals surface area contributed by atoms with E-state index in [0.717, 1.165) is 12.0 Å². The standard InChI is InChI=1S/C16H19NO2/c1-17(15-10-13-7-8-14(15)9-13)16(18)19-11-12-5-3-2-4-6-12/h2-8,13-15H,9-11H2,1H3/t13-,14+,15-/m1/s1. The summed E-state index contributed by atoms with van der Waals surface area (Å²) in [6.07, 6.45) is 6.60. The maximum Gasteiger partial charge on any atom is 0.410 e. The van der Waals surface area contributed by atoms with Crippen molar-refractivity contribution in [3.8, 4) is 0 Å². The fourth-order valence-corrected chi connectivity index (χ4v) is 3.15. The van der Waals surface area contributed by atoms with E-state index in [1.807, 2.05) is 37.4 Å². The van der Waals surface area contributed by atoms with Crippen molar-refractivity contribution in [1.82, 2.24) is 4.90 Å². The lowest BCUT2D eigenvalue weighted by Gasteiger charge is -2.28. The maximum absolute atomic E-state index is 12.1. The number of carbonyl (C=O) groups is 1. The highest BCUT2D eigenvalue weighted by Gasteiger charge is 2.39. The Hall–Kier alpha value is -1.77. The van der Waals surface area contributed by atoms with Crippen LogP contribution in [0.15, 0.2) is 42.5 Å². The molecule has 1 aromatic carbocycles. The summed E-state index contributed by atoms with van der Waals surface area (Å²) in [5.41, 5.74) is 1.03. The van der Waals surface area contributed by atoms with E-state index in [4.69, 9.17) is 4.74 Å². The molecule has 19 heavy (non-hydrogen) atoms. The molecule has 3 atom stereocenters. The van der Waals surface area contributed by atoms with Crippen molar-refractivity contribution in [2.75, 3.05) is 7.05 Å². The molecule has 1 saturated carbocycles. The van der Waals surface area contributed by atoms with Crippen LogP contribution in [-0.4, -0.2) is 24.1 Å². The van der Waals surface area contributed by atoms with E-state index in [9.17, 15) is 4.79 Å². The van der Waals surface area contributed by atoms with Gasteiger partial charge in [0.1, 0.15) is 6.61 Å². The number of fused-ring (bicyclic) bond motifs is 2. The molecule has 0 radical (unpaired) electrons. The lowest BCUT2D eigenvalue weighted by atomic mass is 10.0. The Morgan fingerprint density at radius 1 is 1.26 bits per heavy atom. The van der Waals surface area contributed by atoms with Gasteiger partial charge in [-0.1, -0.05) is 42.5 Å². The highest BCUT2D eigenvalue weighted by atomic mass is 16.6. The first-order valence-corrected chi connectivity index (χ1v) is 6.86. The van der Waals surface area contributed by atoms with E-state index in [0.29, 0.717) is 24.5 Å². The lowest BCUT2D eigenvalue weighted by Crippen LogP contribution is -2.39. The molecule has 3 nitrogen and oxygen atoms in total. The third kappa shape index (κ3) is 2.50. The second kappa shape index (κ2) is 5.08. The van der Waals surface area contributed by atoms with E-state index in [-0.39, 0.29) is 6.09 Å². The van der Waals surface area contributed by atoms with Gasteiger partial charge >= 0.3 is 6.09 Å². The van der Waals surface area contributed by atoms with Gasteiger partial charge < -0.3 is 9.64 Å². The van der Waals surface area contributed by atoms with Crippen LogP contribution in [0, 0.1) is 11.8 Å². The molecule has 2 bridgehead atoms. The van der Waals surface area contributed by atoms with Crippen LogP contribution in [0.25, 0.3) is 0 Å². The quantitative estimate of drug-likeness (QED) is 0.778. The molecule has 3 rings (SSSR count). The zero-order chi connectivity index (χ0) is 13.2. The summed E-state index contributed by atoms with van der Waals surface area (Å²) >= 11 is 0. The number of amides is 1. The van der Waals surface area contributed by atoms with E-state index >= 15 is 0 Å². The Kier molecular flexibility index (Phi) is 3.28. The van der Waals surface area contributed by atoms with Gasteiger partial charge in [-0.25, -0.2) is 4.79 Å². The molecule has 2 aliphatic carbocycles. The third-order valence-corrected chi connectivity index (χ3v) is 4.23. The second-order valence-corrected chi connectivity index (χ2v) is 5.50.